The van der Waals surface area contributed by atoms with Crippen molar-refractivity contribution in [2.45, 2.75) is 12.8 Å². The Hall–Kier alpha value is -1.77. The molecular weight excluding hydrogens is 198 g/mol. The largest absolute Gasteiger partial charge is 0.355 e. The van der Waals surface area contributed by atoms with Gasteiger partial charge in [0.25, 0.3) is 0 Å². The number of benzene rings is 1. The Bertz CT molecular complexity index is 433. The summed E-state index contributed by atoms with van der Waals surface area (Å²) >= 11 is 0. The second kappa shape index (κ2) is 4.84. The smallest absolute Gasteiger partial charge is 0.202 e. The number of hydrogen-bond acceptors (Lipinski definition) is 2. The molecular formula is C13H17N3. The third-order valence-corrected chi connectivity index (χ3v) is 2.76. The molecule has 1 heterocycles. The lowest BCUT2D eigenvalue weighted by atomic mass is 10.0. The van der Waals surface area contributed by atoms with Gasteiger partial charge in [-0.2, -0.15) is 0 Å². The summed E-state index contributed by atoms with van der Waals surface area (Å²) in [5, 5.41) is 3.34. The van der Waals surface area contributed by atoms with Crippen LogP contribution in [0.3, 0.4) is 0 Å². The Morgan fingerprint density at radius 1 is 1.31 bits per heavy atom. The normalized spacial score (nSPS) is 12.4. The summed E-state index contributed by atoms with van der Waals surface area (Å²) in [6.07, 6.45) is 3.74. The lowest BCUT2D eigenvalue weighted by molar-refractivity contribution is 0.785. The SMILES string of the molecule is CC(CNc1nccn1C)c1ccccc1. The van der Waals surface area contributed by atoms with E-state index in [1.807, 2.05) is 23.9 Å². The first-order valence-corrected chi connectivity index (χ1v) is 5.53. The quantitative estimate of drug-likeness (QED) is 0.849. The van der Waals surface area contributed by atoms with Gasteiger partial charge in [0.1, 0.15) is 0 Å². The monoisotopic (exact) mass is 215 g/mol. The van der Waals surface area contributed by atoms with Crippen LogP contribution in [-0.2, 0) is 7.05 Å². The van der Waals surface area contributed by atoms with Crippen molar-refractivity contribution in [2.75, 3.05) is 11.9 Å². The topological polar surface area (TPSA) is 29.9 Å². The zero-order valence-electron chi connectivity index (χ0n) is 9.72. The van der Waals surface area contributed by atoms with E-state index >= 15 is 0 Å². The van der Waals surface area contributed by atoms with Crippen LogP contribution in [0.1, 0.15) is 18.4 Å². The lowest BCUT2D eigenvalue weighted by Crippen LogP contribution is -2.12. The van der Waals surface area contributed by atoms with E-state index in [1.54, 1.807) is 6.20 Å². The standard InChI is InChI=1S/C13H17N3/c1-11(12-6-4-3-5-7-12)10-15-13-14-8-9-16(13)2/h3-9,11H,10H2,1-2H3,(H,14,15). The number of aromatic nitrogens is 2. The predicted octanol–water partition coefficient (Wildman–Crippen LogP) is 2.64. The van der Waals surface area contributed by atoms with Crippen LogP contribution in [0.5, 0.6) is 0 Å². The molecule has 84 valence electrons. The highest BCUT2D eigenvalue weighted by atomic mass is 15.2. The van der Waals surface area contributed by atoms with Gasteiger partial charge in [-0.25, -0.2) is 4.98 Å². The highest BCUT2D eigenvalue weighted by molar-refractivity contribution is 5.28. The number of imidazole rings is 1. The molecule has 1 aromatic heterocycles. The summed E-state index contributed by atoms with van der Waals surface area (Å²) in [4.78, 5) is 4.23. The molecule has 1 atom stereocenters. The van der Waals surface area contributed by atoms with Gasteiger partial charge in [-0.3, -0.25) is 0 Å². The van der Waals surface area contributed by atoms with Crippen molar-refractivity contribution in [3.8, 4) is 0 Å². The van der Waals surface area contributed by atoms with Crippen molar-refractivity contribution >= 4 is 5.95 Å². The number of aryl methyl sites for hydroxylation is 1. The minimum atomic E-state index is 0.484. The van der Waals surface area contributed by atoms with Gasteiger partial charge in [-0.1, -0.05) is 37.3 Å². The molecule has 0 saturated heterocycles. The van der Waals surface area contributed by atoms with E-state index in [-0.39, 0.29) is 0 Å². The van der Waals surface area contributed by atoms with Gasteiger partial charge in [0.05, 0.1) is 0 Å². The maximum atomic E-state index is 4.23. The Morgan fingerprint density at radius 2 is 2.06 bits per heavy atom. The number of nitrogens with one attached hydrogen (secondary N) is 1. The fourth-order valence-corrected chi connectivity index (χ4v) is 1.68. The molecule has 0 aliphatic carbocycles. The third-order valence-electron chi connectivity index (χ3n) is 2.76. The highest BCUT2D eigenvalue weighted by Crippen LogP contribution is 2.14. The second-order valence-corrected chi connectivity index (χ2v) is 4.05. The zero-order valence-corrected chi connectivity index (χ0v) is 9.72. The number of rotatable bonds is 4. The molecule has 1 aromatic carbocycles. The van der Waals surface area contributed by atoms with Gasteiger partial charge in [-0.05, 0) is 11.5 Å². The molecule has 0 radical (unpaired) electrons. The molecule has 0 aliphatic rings. The van der Waals surface area contributed by atoms with Crippen molar-refractivity contribution in [1.82, 2.24) is 9.55 Å². The first kappa shape index (κ1) is 10.7. The van der Waals surface area contributed by atoms with Crippen LogP contribution in [0.25, 0.3) is 0 Å². The van der Waals surface area contributed by atoms with Crippen molar-refractivity contribution in [1.29, 1.82) is 0 Å². The molecule has 0 bridgehead atoms. The summed E-state index contributed by atoms with van der Waals surface area (Å²) in [6.45, 7) is 3.11. The van der Waals surface area contributed by atoms with Crippen LogP contribution in [0.2, 0.25) is 0 Å². The molecule has 2 rings (SSSR count). The van der Waals surface area contributed by atoms with Crippen molar-refractivity contribution in [3.05, 3.63) is 48.3 Å². The number of nitrogens with zero attached hydrogens (tertiary/aromatic N) is 2. The minimum Gasteiger partial charge on any atom is -0.355 e. The number of hydrogen-bond donors (Lipinski definition) is 1. The minimum absolute atomic E-state index is 0.484. The van der Waals surface area contributed by atoms with Gasteiger partial charge in [0, 0.05) is 26.0 Å². The molecule has 0 aliphatic heterocycles. The van der Waals surface area contributed by atoms with E-state index in [1.165, 1.54) is 5.56 Å². The van der Waals surface area contributed by atoms with E-state index in [2.05, 4.69) is 41.5 Å². The van der Waals surface area contributed by atoms with E-state index in [4.69, 9.17) is 0 Å². The van der Waals surface area contributed by atoms with E-state index in [9.17, 15) is 0 Å². The Morgan fingerprint density at radius 3 is 2.69 bits per heavy atom. The second-order valence-electron chi connectivity index (χ2n) is 4.05. The van der Waals surface area contributed by atoms with Crippen molar-refractivity contribution in [2.24, 2.45) is 7.05 Å². The summed E-state index contributed by atoms with van der Waals surface area (Å²) in [5.74, 6) is 1.40. The van der Waals surface area contributed by atoms with E-state index in [0.29, 0.717) is 5.92 Å². The lowest BCUT2D eigenvalue weighted by Gasteiger charge is -2.13. The van der Waals surface area contributed by atoms with Crippen LogP contribution in [0.4, 0.5) is 5.95 Å². The zero-order chi connectivity index (χ0) is 11.4. The van der Waals surface area contributed by atoms with Crippen LogP contribution >= 0.6 is 0 Å². The molecule has 1 unspecified atom stereocenters. The molecule has 3 nitrogen and oxygen atoms in total. The fourth-order valence-electron chi connectivity index (χ4n) is 1.68. The van der Waals surface area contributed by atoms with Crippen LogP contribution < -0.4 is 5.32 Å². The fraction of sp³-hybridized carbons (Fsp3) is 0.308. The molecule has 3 heteroatoms. The van der Waals surface area contributed by atoms with Crippen LogP contribution in [0.15, 0.2) is 42.7 Å². The summed E-state index contributed by atoms with van der Waals surface area (Å²) < 4.78 is 1.98. The number of anilines is 1. The van der Waals surface area contributed by atoms with E-state index in [0.717, 1.165) is 12.5 Å². The molecule has 0 fully saturated rings. The van der Waals surface area contributed by atoms with E-state index < -0.39 is 0 Å². The average molecular weight is 215 g/mol. The van der Waals surface area contributed by atoms with Gasteiger partial charge in [-0.15, -0.1) is 0 Å². The Labute approximate surface area is 96.1 Å². The summed E-state index contributed by atoms with van der Waals surface area (Å²) in [7, 11) is 1.99. The van der Waals surface area contributed by atoms with Gasteiger partial charge >= 0.3 is 0 Å². The maximum Gasteiger partial charge on any atom is 0.202 e. The van der Waals surface area contributed by atoms with Crippen molar-refractivity contribution in [3.63, 3.8) is 0 Å². The first-order valence-electron chi connectivity index (χ1n) is 5.53. The van der Waals surface area contributed by atoms with Crippen molar-refractivity contribution < 1.29 is 0 Å². The maximum absolute atomic E-state index is 4.23. The highest BCUT2D eigenvalue weighted by Gasteiger charge is 2.05. The first-order chi connectivity index (χ1) is 7.77. The van der Waals surface area contributed by atoms with Crippen LogP contribution in [0, 0.1) is 0 Å². The summed E-state index contributed by atoms with van der Waals surface area (Å²) in [5.41, 5.74) is 1.35. The van der Waals surface area contributed by atoms with Crippen LogP contribution in [-0.4, -0.2) is 16.1 Å². The molecule has 0 saturated carbocycles. The van der Waals surface area contributed by atoms with Gasteiger partial charge in [0.15, 0.2) is 0 Å². The predicted molar refractivity (Wildman–Crippen MR) is 66.6 cm³/mol. The van der Waals surface area contributed by atoms with Gasteiger partial charge < -0.3 is 9.88 Å². The molecule has 0 spiro atoms. The third kappa shape index (κ3) is 2.42. The molecule has 0 amide bonds. The summed E-state index contributed by atoms with van der Waals surface area (Å²) in [6, 6.07) is 10.5. The molecule has 1 N–H and O–H groups in total. The Kier molecular flexibility index (Phi) is 3.25. The molecule has 2 aromatic rings. The van der Waals surface area contributed by atoms with Gasteiger partial charge in [0.2, 0.25) is 5.95 Å². The Balaban J connectivity index is 1.94. The molecule has 16 heavy (non-hydrogen) atoms. The average Bonchev–Trinajstić information content (AvgIpc) is 2.73.